The highest BCUT2D eigenvalue weighted by Crippen LogP contribution is 2.34. The zero-order chi connectivity index (χ0) is 16.3. The van der Waals surface area contributed by atoms with Gasteiger partial charge in [0.1, 0.15) is 11.6 Å². The molecule has 1 N–H and O–H groups in total. The van der Waals surface area contributed by atoms with Crippen LogP contribution >= 0.6 is 0 Å². The van der Waals surface area contributed by atoms with E-state index in [-0.39, 0.29) is 11.2 Å². The van der Waals surface area contributed by atoms with Crippen molar-refractivity contribution in [3.8, 4) is 0 Å². The number of halogens is 1. The number of aromatic nitrogens is 2. The Kier molecular flexibility index (Phi) is 4.66. The molecule has 2 aromatic rings. The topological polar surface area (TPSA) is 39.1 Å². The van der Waals surface area contributed by atoms with Crippen molar-refractivity contribution >= 4 is 5.82 Å². The maximum atomic E-state index is 13.7. The average molecular weight is 317 g/mol. The van der Waals surface area contributed by atoms with Crippen molar-refractivity contribution in [3.63, 3.8) is 0 Å². The molecule has 1 aromatic carbocycles. The molecule has 23 heavy (non-hydrogen) atoms. The Morgan fingerprint density at radius 2 is 2.30 bits per heavy atom. The van der Waals surface area contributed by atoms with Crippen LogP contribution in [0.25, 0.3) is 0 Å². The smallest absolute Gasteiger partial charge is 0.127 e. The van der Waals surface area contributed by atoms with E-state index in [2.05, 4.69) is 24.3 Å². The van der Waals surface area contributed by atoms with Gasteiger partial charge in [-0.1, -0.05) is 19.1 Å². The van der Waals surface area contributed by atoms with E-state index in [1.807, 2.05) is 16.9 Å². The van der Waals surface area contributed by atoms with E-state index in [0.29, 0.717) is 19.8 Å². The van der Waals surface area contributed by atoms with Gasteiger partial charge in [0.05, 0.1) is 12.8 Å². The van der Waals surface area contributed by atoms with Gasteiger partial charge in [0.15, 0.2) is 0 Å². The van der Waals surface area contributed by atoms with Crippen LogP contribution in [0.4, 0.5) is 10.2 Å². The fraction of sp³-hybridized carbons (Fsp3) is 0.500. The summed E-state index contributed by atoms with van der Waals surface area (Å²) in [5.74, 6) is 0.857. The molecule has 4 nitrogen and oxygen atoms in total. The normalized spacial score (nSPS) is 20.8. The molecule has 1 aliphatic rings. The van der Waals surface area contributed by atoms with E-state index < -0.39 is 0 Å². The fourth-order valence-electron chi connectivity index (χ4n) is 3.24. The van der Waals surface area contributed by atoms with Crippen LogP contribution in [0.15, 0.2) is 30.5 Å². The Labute approximate surface area is 136 Å². The number of rotatable bonds is 6. The molecule has 0 saturated carbocycles. The van der Waals surface area contributed by atoms with Gasteiger partial charge in [0.25, 0.3) is 0 Å². The first-order valence-corrected chi connectivity index (χ1v) is 8.25. The van der Waals surface area contributed by atoms with Crippen LogP contribution in [-0.2, 0) is 16.7 Å². The van der Waals surface area contributed by atoms with Crippen LogP contribution in [0, 0.1) is 12.7 Å². The Balaban J connectivity index is 1.83. The van der Waals surface area contributed by atoms with Crippen molar-refractivity contribution in [3.05, 3.63) is 47.4 Å². The lowest BCUT2D eigenvalue weighted by atomic mass is 9.79. The van der Waals surface area contributed by atoms with E-state index in [4.69, 9.17) is 4.74 Å². The largest absolute Gasteiger partial charge is 0.380 e. The lowest BCUT2D eigenvalue weighted by Crippen LogP contribution is -2.35. The number of benzene rings is 1. The number of aryl methyl sites for hydroxylation is 2. The fourth-order valence-corrected chi connectivity index (χ4v) is 3.24. The third-order valence-corrected chi connectivity index (χ3v) is 4.59. The van der Waals surface area contributed by atoms with Crippen molar-refractivity contribution in [2.24, 2.45) is 0 Å². The molecule has 1 atom stereocenters. The van der Waals surface area contributed by atoms with Crippen LogP contribution in [0.5, 0.6) is 0 Å². The van der Waals surface area contributed by atoms with E-state index in [9.17, 15) is 4.39 Å². The van der Waals surface area contributed by atoms with Crippen LogP contribution < -0.4 is 5.32 Å². The molecule has 1 saturated heterocycles. The summed E-state index contributed by atoms with van der Waals surface area (Å²) in [6.45, 7) is 7.13. The minimum atomic E-state index is -0.194. The maximum Gasteiger partial charge on any atom is 0.127 e. The number of anilines is 1. The summed E-state index contributed by atoms with van der Waals surface area (Å²) in [4.78, 5) is 0. The van der Waals surface area contributed by atoms with Gasteiger partial charge in [-0.3, -0.25) is 0 Å². The second-order valence-corrected chi connectivity index (χ2v) is 6.35. The van der Waals surface area contributed by atoms with Gasteiger partial charge in [-0.05, 0) is 37.5 Å². The second-order valence-electron chi connectivity index (χ2n) is 6.35. The molecule has 1 aromatic heterocycles. The molecule has 3 rings (SSSR count). The monoisotopic (exact) mass is 317 g/mol. The van der Waals surface area contributed by atoms with Crippen molar-refractivity contribution in [2.75, 3.05) is 25.1 Å². The molecule has 1 fully saturated rings. The molecule has 0 bridgehead atoms. The van der Waals surface area contributed by atoms with Gasteiger partial charge in [0.2, 0.25) is 0 Å². The quantitative estimate of drug-likeness (QED) is 0.886. The summed E-state index contributed by atoms with van der Waals surface area (Å²) in [5, 5.41) is 7.97. The van der Waals surface area contributed by atoms with E-state index in [0.717, 1.165) is 36.3 Å². The molecule has 5 heteroatoms. The lowest BCUT2D eigenvalue weighted by molar-refractivity contribution is 0.179. The number of hydrogen-bond donors (Lipinski definition) is 1. The Hall–Kier alpha value is -1.88. The van der Waals surface area contributed by atoms with Crippen molar-refractivity contribution in [1.29, 1.82) is 0 Å². The first kappa shape index (κ1) is 16.0. The highest BCUT2D eigenvalue weighted by atomic mass is 19.1. The zero-order valence-corrected chi connectivity index (χ0v) is 13.8. The Bertz CT molecular complexity index is 662. The molecule has 0 spiro atoms. The summed E-state index contributed by atoms with van der Waals surface area (Å²) in [6.07, 6.45) is 3.82. The van der Waals surface area contributed by atoms with Crippen molar-refractivity contribution < 1.29 is 9.13 Å². The van der Waals surface area contributed by atoms with Gasteiger partial charge in [-0.15, -0.1) is 0 Å². The molecule has 1 aliphatic heterocycles. The zero-order valence-electron chi connectivity index (χ0n) is 13.8. The van der Waals surface area contributed by atoms with E-state index in [1.165, 1.54) is 6.07 Å². The Morgan fingerprint density at radius 3 is 3.00 bits per heavy atom. The van der Waals surface area contributed by atoms with Gasteiger partial charge in [-0.25, -0.2) is 9.07 Å². The summed E-state index contributed by atoms with van der Waals surface area (Å²) in [6, 6.07) is 6.89. The first-order chi connectivity index (χ1) is 11.1. The standard InChI is InChI=1S/C18H24FN3O/c1-3-8-22-17(14(2)11-21-22)20-12-18(7-9-23-13-18)15-5-4-6-16(19)10-15/h4-6,10-11,20H,3,7-9,12-13H2,1-2H3/t18-/m1/s1. The number of nitrogens with one attached hydrogen (secondary N) is 1. The minimum Gasteiger partial charge on any atom is -0.380 e. The van der Waals surface area contributed by atoms with E-state index in [1.54, 1.807) is 12.1 Å². The van der Waals surface area contributed by atoms with Crippen LogP contribution in [0.1, 0.15) is 30.9 Å². The molecule has 2 heterocycles. The lowest BCUT2D eigenvalue weighted by Gasteiger charge is -2.29. The highest BCUT2D eigenvalue weighted by molar-refractivity contribution is 5.44. The summed E-state index contributed by atoms with van der Waals surface area (Å²) >= 11 is 0. The Morgan fingerprint density at radius 1 is 1.43 bits per heavy atom. The molecule has 124 valence electrons. The molecular formula is C18H24FN3O. The second kappa shape index (κ2) is 6.71. The van der Waals surface area contributed by atoms with Gasteiger partial charge in [0, 0.05) is 30.7 Å². The predicted molar refractivity (Wildman–Crippen MR) is 89.3 cm³/mol. The van der Waals surface area contributed by atoms with Crippen molar-refractivity contribution in [2.45, 2.75) is 38.6 Å². The summed E-state index contributed by atoms with van der Waals surface area (Å²) in [5.41, 5.74) is 1.95. The van der Waals surface area contributed by atoms with Gasteiger partial charge < -0.3 is 10.1 Å². The molecule has 0 radical (unpaired) electrons. The number of nitrogens with zero attached hydrogens (tertiary/aromatic N) is 2. The van der Waals surface area contributed by atoms with Crippen molar-refractivity contribution in [1.82, 2.24) is 9.78 Å². The predicted octanol–water partition coefficient (Wildman–Crippen LogP) is 3.51. The SMILES string of the molecule is CCCn1ncc(C)c1NC[C@]1(c2cccc(F)c2)CCOC1. The van der Waals surface area contributed by atoms with Crippen LogP contribution in [0.2, 0.25) is 0 Å². The summed E-state index contributed by atoms with van der Waals surface area (Å²) in [7, 11) is 0. The molecule has 0 amide bonds. The average Bonchev–Trinajstić information content (AvgIpc) is 3.14. The molecular weight excluding hydrogens is 293 g/mol. The molecule has 0 aliphatic carbocycles. The summed E-state index contributed by atoms with van der Waals surface area (Å²) < 4.78 is 21.3. The third-order valence-electron chi connectivity index (χ3n) is 4.59. The van der Waals surface area contributed by atoms with E-state index >= 15 is 0 Å². The minimum absolute atomic E-state index is 0.185. The highest BCUT2D eigenvalue weighted by Gasteiger charge is 2.37. The first-order valence-electron chi connectivity index (χ1n) is 8.25. The van der Waals surface area contributed by atoms with Crippen LogP contribution in [0.3, 0.4) is 0 Å². The van der Waals surface area contributed by atoms with Crippen LogP contribution in [-0.4, -0.2) is 29.5 Å². The number of ether oxygens (including phenoxy) is 1. The third kappa shape index (κ3) is 3.24. The van der Waals surface area contributed by atoms with Gasteiger partial charge in [-0.2, -0.15) is 5.10 Å². The maximum absolute atomic E-state index is 13.7. The number of hydrogen-bond acceptors (Lipinski definition) is 3. The molecule has 0 unspecified atom stereocenters. The van der Waals surface area contributed by atoms with Gasteiger partial charge >= 0.3 is 0 Å².